The van der Waals surface area contributed by atoms with Crippen molar-refractivity contribution >= 4 is 21.9 Å². The molecule has 0 radical (unpaired) electrons. The Kier molecular flexibility index (Phi) is 4.40. The zero-order chi connectivity index (χ0) is 13.0. The lowest BCUT2D eigenvalue weighted by Crippen LogP contribution is -2.10. The molecule has 1 aromatic rings. The molecule has 0 aliphatic heterocycles. The first kappa shape index (κ1) is 13.4. The number of hydrogen-bond donors (Lipinski definition) is 1. The maximum absolute atomic E-state index is 12.1. The van der Waals surface area contributed by atoms with Gasteiger partial charge in [0.2, 0.25) is 0 Å². The van der Waals surface area contributed by atoms with E-state index in [1.807, 2.05) is 0 Å². The average Bonchev–Trinajstić information content (AvgIpc) is 2.27. The zero-order valence-corrected chi connectivity index (χ0v) is 9.87. The van der Waals surface area contributed by atoms with Crippen LogP contribution in [0.4, 0.5) is 8.78 Å². The molecule has 0 spiro atoms. The molecule has 0 aromatic heterocycles. The van der Waals surface area contributed by atoms with Gasteiger partial charge in [0.05, 0.1) is 11.1 Å². The largest absolute Gasteiger partial charge is 0.478 e. The Morgan fingerprint density at radius 2 is 2.24 bits per heavy atom. The van der Waals surface area contributed by atoms with Crippen LogP contribution in [0.1, 0.15) is 21.5 Å². The van der Waals surface area contributed by atoms with E-state index in [2.05, 4.69) is 20.7 Å². The fraction of sp³-hybridized carbons (Fsp3) is 0.200. The molecule has 0 fully saturated rings. The van der Waals surface area contributed by atoms with E-state index in [0.717, 1.165) is 12.1 Å². The second kappa shape index (κ2) is 5.59. The second-order valence-corrected chi connectivity index (χ2v) is 3.45. The topological polar surface area (TPSA) is 70.3 Å². The molecule has 17 heavy (non-hydrogen) atoms. The van der Waals surface area contributed by atoms with Crippen LogP contribution in [0.15, 0.2) is 12.1 Å². The molecule has 1 aromatic carbocycles. The summed E-state index contributed by atoms with van der Waals surface area (Å²) in [4.78, 5) is 11.0. The number of carboxylic acids is 1. The number of halogens is 3. The van der Waals surface area contributed by atoms with Crippen molar-refractivity contribution in [3.05, 3.63) is 28.8 Å². The van der Waals surface area contributed by atoms with E-state index in [1.165, 1.54) is 0 Å². The van der Waals surface area contributed by atoms with Crippen molar-refractivity contribution in [3.8, 4) is 11.8 Å². The predicted molar refractivity (Wildman–Crippen MR) is 57.4 cm³/mol. The summed E-state index contributed by atoms with van der Waals surface area (Å²) >= 11 is 2.98. The summed E-state index contributed by atoms with van der Waals surface area (Å²) in [5, 5.41) is 17.7. The predicted octanol–water partition coefficient (Wildman–Crippen LogP) is 2.75. The van der Waals surface area contributed by atoms with E-state index in [1.54, 1.807) is 6.07 Å². The van der Waals surface area contributed by atoms with Crippen LogP contribution in [-0.2, 0) is 5.33 Å². The van der Waals surface area contributed by atoms with Crippen LogP contribution < -0.4 is 4.74 Å². The van der Waals surface area contributed by atoms with Gasteiger partial charge in [-0.15, -0.1) is 0 Å². The van der Waals surface area contributed by atoms with Gasteiger partial charge in [-0.25, -0.2) is 4.79 Å². The van der Waals surface area contributed by atoms with Gasteiger partial charge in [0.1, 0.15) is 11.8 Å². The normalized spacial score (nSPS) is 10.1. The minimum absolute atomic E-state index is 0.00773. The summed E-state index contributed by atoms with van der Waals surface area (Å²) in [6.07, 6.45) is 0. The Labute approximate surface area is 104 Å². The summed E-state index contributed by atoms with van der Waals surface area (Å²) in [6.45, 7) is -3.05. The third-order valence-corrected chi connectivity index (χ3v) is 2.51. The van der Waals surface area contributed by atoms with Crippen LogP contribution in [0.5, 0.6) is 5.75 Å². The zero-order valence-electron chi connectivity index (χ0n) is 8.28. The van der Waals surface area contributed by atoms with Crippen molar-refractivity contribution in [1.82, 2.24) is 0 Å². The molecule has 1 N–H and O–H groups in total. The first-order chi connectivity index (χ1) is 8.01. The summed E-state index contributed by atoms with van der Waals surface area (Å²) in [5.41, 5.74) is -0.423. The smallest absolute Gasteiger partial charge is 0.387 e. The standard InChI is InChI=1S/C10H6BrF2NO3/c11-3-6-7(17-10(12)13)2-1-5(4-14)8(6)9(15)16/h1-2,10H,3H2,(H,15,16). The molecule has 90 valence electrons. The molecule has 0 saturated carbocycles. The fourth-order valence-corrected chi connectivity index (χ4v) is 1.86. The van der Waals surface area contributed by atoms with Gasteiger partial charge in [0, 0.05) is 10.9 Å². The Balaban J connectivity index is 3.42. The van der Waals surface area contributed by atoms with E-state index in [9.17, 15) is 13.6 Å². The first-order valence-electron chi connectivity index (χ1n) is 4.31. The highest BCUT2D eigenvalue weighted by Crippen LogP contribution is 2.29. The van der Waals surface area contributed by atoms with Gasteiger partial charge in [-0.3, -0.25) is 0 Å². The molecular formula is C10H6BrF2NO3. The number of carbonyl (C=O) groups is 1. The molecular weight excluding hydrogens is 300 g/mol. The lowest BCUT2D eigenvalue weighted by molar-refractivity contribution is -0.0504. The van der Waals surface area contributed by atoms with E-state index in [-0.39, 0.29) is 27.8 Å². The number of nitrogens with zero attached hydrogens (tertiary/aromatic N) is 1. The van der Waals surface area contributed by atoms with Crippen molar-refractivity contribution in [2.75, 3.05) is 0 Å². The van der Waals surface area contributed by atoms with Crippen LogP contribution in [0.2, 0.25) is 0 Å². The van der Waals surface area contributed by atoms with Crippen molar-refractivity contribution < 1.29 is 23.4 Å². The molecule has 4 nitrogen and oxygen atoms in total. The van der Waals surface area contributed by atoms with Crippen molar-refractivity contribution in [1.29, 1.82) is 5.26 Å². The maximum Gasteiger partial charge on any atom is 0.387 e. The minimum atomic E-state index is -3.05. The van der Waals surface area contributed by atoms with Crippen molar-refractivity contribution in [3.63, 3.8) is 0 Å². The van der Waals surface area contributed by atoms with Gasteiger partial charge in [-0.05, 0) is 12.1 Å². The van der Waals surface area contributed by atoms with E-state index in [4.69, 9.17) is 10.4 Å². The fourth-order valence-electron chi connectivity index (χ4n) is 1.31. The van der Waals surface area contributed by atoms with Gasteiger partial charge >= 0.3 is 12.6 Å². The van der Waals surface area contributed by atoms with E-state index < -0.39 is 12.6 Å². The maximum atomic E-state index is 12.1. The summed E-state index contributed by atoms with van der Waals surface area (Å²) in [5.74, 6) is -1.62. The number of alkyl halides is 3. The number of nitriles is 1. The van der Waals surface area contributed by atoms with Crippen molar-refractivity contribution in [2.45, 2.75) is 11.9 Å². The number of rotatable bonds is 4. The SMILES string of the molecule is N#Cc1ccc(OC(F)F)c(CBr)c1C(=O)O. The van der Waals surface area contributed by atoms with Crippen LogP contribution in [0.3, 0.4) is 0 Å². The van der Waals surface area contributed by atoms with Gasteiger partial charge in [-0.1, -0.05) is 15.9 Å². The van der Waals surface area contributed by atoms with Gasteiger partial charge in [0.25, 0.3) is 0 Å². The van der Waals surface area contributed by atoms with Crippen LogP contribution in [0, 0.1) is 11.3 Å². The Morgan fingerprint density at radius 1 is 1.59 bits per heavy atom. The molecule has 0 bridgehead atoms. The molecule has 0 amide bonds. The monoisotopic (exact) mass is 305 g/mol. The summed E-state index contributed by atoms with van der Waals surface area (Å²) < 4.78 is 28.4. The Hall–Kier alpha value is -1.68. The number of benzene rings is 1. The Morgan fingerprint density at radius 3 is 2.65 bits per heavy atom. The number of aromatic carboxylic acids is 1. The van der Waals surface area contributed by atoms with Crippen LogP contribution >= 0.6 is 15.9 Å². The highest BCUT2D eigenvalue weighted by Gasteiger charge is 2.20. The highest BCUT2D eigenvalue weighted by atomic mass is 79.9. The third kappa shape index (κ3) is 2.91. The highest BCUT2D eigenvalue weighted by molar-refractivity contribution is 9.08. The van der Waals surface area contributed by atoms with Gasteiger partial charge in [0.15, 0.2) is 0 Å². The molecule has 0 heterocycles. The second-order valence-electron chi connectivity index (χ2n) is 2.89. The lowest BCUT2D eigenvalue weighted by atomic mass is 10.0. The summed E-state index contributed by atoms with van der Waals surface area (Å²) in [6, 6.07) is 3.97. The van der Waals surface area contributed by atoms with Gasteiger partial charge in [-0.2, -0.15) is 14.0 Å². The van der Waals surface area contributed by atoms with Crippen LogP contribution in [0.25, 0.3) is 0 Å². The summed E-state index contributed by atoms with van der Waals surface area (Å²) in [7, 11) is 0. The molecule has 0 atom stereocenters. The minimum Gasteiger partial charge on any atom is -0.478 e. The lowest BCUT2D eigenvalue weighted by Gasteiger charge is -2.12. The Bertz CT molecular complexity index is 485. The molecule has 7 heteroatoms. The van der Waals surface area contributed by atoms with Gasteiger partial charge < -0.3 is 9.84 Å². The van der Waals surface area contributed by atoms with Crippen LogP contribution in [-0.4, -0.2) is 17.7 Å². The number of ether oxygens (including phenoxy) is 1. The third-order valence-electron chi connectivity index (χ3n) is 1.95. The molecule has 0 aliphatic rings. The number of carboxylic acid groups (broad SMARTS) is 1. The van der Waals surface area contributed by atoms with Crippen molar-refractivity contribution in [2.24, 2.45) is 0 Å². The first-order valence-corrected chi connectivity index (χ1v) is 5.43. The molecule has 0 aliphatic carbocycles. The van der Waals surface area contributed by atoms with E-state index in [0.29, 0.717) is 0 Å². The number of hydrogen-bond acceptors (Lipinski definition) is 3. The van der Waals surface area contributed by atoms with E-state index >= 15 is 0 Å². The quantitative estimate of drug-likeness (QED) is 0.868. The molecule has 1 rings (SSSR count). The molecule has 0 unspecified atom stereocenters. The molecule has 0 saturated heterocycles. The average molecular weight is 306 g/mol.